The van der Waals surface area contributed by atoms with Gasteiger partial charge in [0.15, 0.2) is 0 Å². The minimum atomic E-state index is -0.682. The van der Waals surface area contributed by atoms with E-state index in [1.54, 1.807) is 36.2 Å². The van der Waals surface area contributed by atoms with Gasteiger partial charge in [-0.15, -0.1) is 11.6 Å². The van der Waals surface area contributed by atoms with Crippen LogP contribution in [0.1, 0.15) is 16.5 Å². The number of likely N-dealkylation sites (N-methyl/N-ethyl adjacent to an activating group) is 1. The van der Waals surface area contributed by atoms with E-state index in [9.17, 15) is 9.90 Å². The molecule has 0 radical (unpaired) electrons. The molecule has 1 amide bonds. The van der Waals surface area contributed by atoms with E-state index in [1.807, 2.05) is 30.3 Å². The van der Waals surface area contributed by atoms with Gasteiger partial charge in [-0.05, 0) is 23.3 Å². The summed E-state index contributed by atoms with van der Waals surface area (Å²) in [5.74, 6) is 0.0631. The molecule has 0 bridgehead atoms. The highest BCUT2D eigenvalue weighted by molar-refractivity contribution is 6.30. The Kier molecular flexibility index (Phi) is 4.64. The molecule has 1 N–H and O–H groups in total. The number of halogens is 1. The van der Waals surface area contributed by atoms with E-state index in [1.165, 1.54) is 0 Å². The Balaban J connectivity index is 2.03. The predicted molar refractivity (Wildman–Crippen MR) is 79.6 cm³/mol. The van der Waals surface area contributed by atoms with Crippen molar-refractivity contribution in [3.05, 3.63) is 65.7 Å². The van der Waals surface area contributed by atoms with Gasteiger partial charge in [0, 0.05) is 13.6 Å². The number of phenols is 1. The summed E-state index contributed by atoms with van der Waals surface area (Å²) in [7, 11) is 1.72. The SMILES string of the molecule is CN(Cc1ccc(O)cc1)C(=O)C(Cl)c1ccccc1. The quantitative estimate of drug-likeness (QED) is 0.877. The van der Waals surface area contributed by atoms with Crippen LogP contribution in [-0.4, -0.2) is 23.0 Å². The molecule has 1 atom stereocenters. The van der Waals surface area contributed by atoms with Crippen LogP contribution in [0.25, 0.3) is 0 Å². The van der Waals surface area contributed by atoms with Gasteiger partial charge in [-0.1, -0.05) is 42.5 Å². The summed E-state index contributed by atoms with van der Waals surface area (Å²) in [6, 6.07) is 16.0. The lowest BCUT2D eigenvalue weighted by atomic mass is 10.1. The van der Waals surface area contributed by atoms with Crippen molar-refractivity contribution in [3.63, 3.8) is 0 Å². The predicted octanol–water partition coefficient (Wildman–Crippen LogP) is 3.33. The van der Waals surface area contributed by atoms with E-state index in [-0.39, 0.29) is 11.7 Å². The summed E-state index contributed by atoms with van der Waals surface area (Å²) in [5.41, 5.74) is 1.73. The number of amides is 1. The molecule has 0 saturated heterocycles. The van der Waals surface area contributed by atoms with Crippen molar-refractivity contribution in [1.82, 2.24) is 4.90 Å². The Morgan fingerprint density at radius 3 is 2.35 bits per heavy atom. The molecule has 0 aliphatic carbocycles. The van der Waals surface area contributed by atoms with Crippen LogP contribution in [0.5, 0.6) is 5.75 Å². The highest BCUT2D eigenvalue weighted by atomic mass is 35.5. The standard InChI is InChI=1S/C16H16ClNO2/c1-18(11-12-7-9-14(19)10-8-12)16(20)15(17)13-5-3-2-4-6-13/h2-10,15,19H,11H2,1H3. The normalized spacial score (nSPS) is 11.9. The number of alkyl halides is 1. The van der Waals surface area contributed by atoms with Gasteiger partial charge < -0.3 is 10.0 Å². The molecule has 4 heteroatoms. The third-order valence-corrected chi connectivity index (χ3v) is 3.48. The van der Waals surface area contributed by atoms with Gasteiger partial charge in [0.25, 0.3) is 0 Å². The first-order valence-electron chi connectivity index (χ1n) is 6.30. The number of hydrogen-bond donors (Lipinski definition) is 1. The minimum Gasteiger partial charge on any atom is -0.508 e. The smallest absolute Gasteiger partial charge is 0.245 e. The van der Waals surface area contributed by atoms with E-state index in [0.29, 0.717) is 6.54 Å². The highest BCUT2D eigenvalue weighted by Gasteiger charge is 2.21. The molecule has 0 spiro atoms. The van der Waals surface area contributed by atoms with Crippen molar-refractivity contribution in [2.45, 2.75) is 11.9 Å². The van der Waals surface area contributed by atoms with E-state index in [0.717, 1.165) is 11.1 Å². The van der Waals surface area contributed by atoms with Crippen molar-refractivity contribution in [2.24, 2.45) is 0 Å². The number of phenolic OH excluding ortho intramolecular Hbond substituents is 1. The summed E-state index contributed by atoms with van der Waals surface area (Å²) in [6.07, 6.45) is 0. The molecule has 2 aromatic rings. The largest absolute Gasteiger partial charge is 0.508 e. The first-order valence-corrected chi connectivity index (χ1v) is 6.73. The maximum Gasteiger partial charge on any atom is 0.245 e. The monoisotopic (exact) mass is 289 g/mol. The molecule has 1 unspecified atom stereocenters. The number of aromatic hydroxyl groups is 1. The van der Waals surface area contributed by atoms with Crippen LogP contribution in [0.4, 0.5) is 0 Å². The zero-order valence-corrected chi connectivity index (χ0v) is 11.9. The molecule has 2 rings (SSSR count). The molecule has 0 aliphatic rings. The number of benzene rings is 2. The molecule has 0 heterocycles. The van der Waals surface area contributed by atoms with E-state index in [4.69, 9.17) is 11.6 Å². The second-order valence-electron chi connectivity index (χ2n) is 4.63. The van der Waals surface area contributed by atoms with Gasteiger partial charge in [0.2, 0.25) is 5.91 Å². The number of carbonyl (C=O) groups is 1. The van der Waals surface area contributed by atoms with Crippen LogP contribution in [-0.2, 0) is 11.3 Å². The second kappa shape index (κ2) is 6.44. The Bertz CT molecular complexity index is 569. The highest BCUT2D eigenvalue weighted by Crippen LogP contribution is 2.23. The summed E-state index contributed by atoms with van der Waals surface area (Å²) in [5, 5.41) is 8.55. The fourth-order valence-electron chi connectivity index (χ4n) is 1.91. The number of hydrogen-bond acceptors (Lipinski definition) is 2. The number of nitrogens with zero attached hydrogens (tertiary/aromatic N) is 1. The topological polar surface area (TPSA) is 40.5 Å². The molecule has 3 nitrogen and oxygen atoms in total. The molecule has 104 valence electrons. The van der Waals surface area contributed by atoms with Gasteiger partial charge >= 0.3 is 0 Å². The van der Waals surface area contributed by atoms with Gasteiger partial charge in [-0.25, -0.2) is 0 Å². The van der Waals surface area contributed by atoms with Crippen molar-refractivity contribution in [1.29, 1.82) is 0 Å². The fraction of sp³-hybridized carbons (Fsp3) is 0.188. The van der Waals surface area contributed by atoms with Crippen LogP contribution in [0, 0.1) is 0 Å². The van der Waals surface area contributed by atoms with Gasteiger partial charge in [-0.2, -0.15) is 0 Å². The summed E-state index contributed by atoms with van der Waals surface area (Å²) in [6.45, 7) is 0.454. The van der Waals surface area contributed by atoms with Crippen molar-refractivity contribution in [3.8, 4) is 5.75 Å². The lowest BCUT2D eigenvalue weighted by Crippen LogP contribution is -2.29. The molecular weight excluding hydrogens is 274 g/mol. The van der Waals surface area contributed by atoms with Crippen LogP contribution < -0.4 is 0 Å². The van der Waals surface area contributed by atoms with Gasteiger partial charge in [0.1, 0.15) is 11.1 Å². The summed E-state index contributed by atoms with van der Waals surface area (Å²) < 4.78 is 0. The average Bonchev–Trinajstić information content (AvgIpc) is 2.49. The van der Waals surface area contributed by atoms with Crippen LogP contribution in [0.2, 0.25) is 0 Å². The van der Waals surface area contributed by atoms with Crippen LogP contribution >= 0.6 is 11.6 Å². The number of rotatable bonds is 4. The number of carbonyl (C=O) groups excluding carboxylic acids is 1. The summed E-state index contributed by atoms with van der Waals surface area (Å²) in [4.78, 5) is 13.8. The fourth-order valence-corrected chi connectivity index (χ4v) is 2.22. The van der Waals surface area contributed by atoms with E-state index < -0.39 is 5.38 Å². The third-order valence-electron chi connectivity index (χ3n) is 3.04. The van der Waals surface area contributed by atoms with Crippen LogP contribution in [0.3, 0.4) is 0 Å². The summed E-state index contributed by atoms with van der Waals surface area (Å²) >= 11 is 6.21. The molecule has 0 fully saturated rings. The first-order chi connectivity index (χ1) is 9.58. The molecule has 2 aromatic carbocycles. The second-order valence-corrected chi connectivity index (χ2v) is 5.07. The van der Waals surface area contributed by atoms with Gasteiger partial charge in [0.05, 0.1) is 0 Å². The van der Waals surface area contributed by atoms with E-state index >= 15 is 0 Å². The molecule has 20 heavy (non-hydrogen) atoms. The van der Waals surface area contributed by atoms with Crippen molar-refractivity contribution >= 4 is 17.5 Å². The molecule has 0 aliphatic heterocycles. The first kappa shape index (κ1) is 14.4. The Morgan fingerprint density at radius 1 is 1.15 bits per heavy atom. The van der Waals surface area contributed by atoms with Gasteiger partial charge in [-0.3, -0.25) is 4.79 Å². The molecular formula is C16H16ClNO2. The minimum absolute atomic E-state index is 0.147. The maximum absolute atomic E-state index is 12.3. The third kappa shape index (κ3) is 3.52. The maximum atomic E-state index is 12.3. The lowest BCUT2D eigenvalue weighted by Gasteiger charge is -2.20. The van der Waals surface area contributed by atoms with E-state index in [2.05, 4.69) is 0 Å². The molecule has 0 aromatic heterocycles. The Labute approximate surface area is 123 Å². The van der Waals surface area contributed by atoms with Crippen LogP contribution in [0.15, 0.2) is 54.6 Å². The zero-order valence-electron chi connectivity index (χ0n) is 11.2. The Hall–Kier alpha value is -2.00. The Morgan fingerprint density at radius 2 is 1.75 bits per heavy atom. The lowest BCUT2D eigenvalue weighted by molar-refractivity contribution is -0.130. The average molecular weight is 290 g/mol. The molecule has 0 saturated carbocycles. The van der Waals surface area contributed by atoms with Crippen molar-refractivity contribution in [2.75, 3.05) is 7.05 Å². The zero-order chi connectivity index (χ0) is 14.5. The van der Waals surface area contributed by atoms with Crippen molar-refractivity contribution < 1.29 is 9.90 Å².